The third kappa shape index (κ3) is 2.94. The third-order valence-electron chi connectivity index (χ3n) is 3.25. The molecule has 0 bridgehead atoms. The van der Waals surface area contributed by atoms with Crippen LogP contribution >= 0.6 is 0 Å². The Morgan fingerprint density at radius 3 is 2.50 bits per heavy atom. The molecule has 2 aromatic rings. The number of aryl methyl sites for hydroxylation is 1. The first-order chi connectivity index (χ1) is 9.67. The van der Waals surface area contributed by atoms with E-state index in [0.29, 0.717) is 6.61 Å². The summed E-state index contributed by atoms with van der Waals surface area (Å²) in [5.74, 6) is 1.54. The van der Waals surface area contributed by atoms with Crippen LogP contribution in [0, 0.1) is 6.92 Å². The number of methoxy groups -OCH3 is 1. The van der Waals surface area contributed by atoms with E-state index in [1.165, 1.54) is 0 Å². The van der Waals surface area contributed by atoms with Gasteiger partial charge in [-0.2, -0.15) is 0 Å². The Morgan fingerprint density at radius 1 is 1.10 bits per heavy atom. The van der Waals surface area contributed by atoms with Crippen molar-refractivity contribution >= 4 is 0 Å². The van der Waals surface area contributed by atoms with Crippen LogP contribution in [0.4, 0.5) is 0 Å². The molecule has 0 aliphatic carbocycles. The number of rotatable bonds is 5. The van der Waals surface area contributed by atoms with Gasteiger partial charge in [0.25, 0.3) is 0 Å². The molecule has 0 aliphatic heterocycles. The Hall–Kier alpha value is -2.00. The number of hydrogen-bond donors (Lipinski definition) is 1. The molecule has 0 saturated carbocycles. The lowest BCUT2D eigenvalue weighted by atomic mass is 9.99. The summed E-state index contributed by atoms with van der Waals surface area (Å²) in [5, 5.41) is 10.6. The lowest BCUT2D eigenvalue weighted by molar-refractivity contribution is 0.212. The van der Waals surface area contributed by atoms with Gasteiger partial charge in [-0.05, 0) is 43.2 Å². The minimum atomic E-state index is -0.706. The predicted octanol–water partition coefficient (Wildman–Crippen LogP) is 3.48. The van der Waals surface area contributed by atoms with E-state index < -0.39 is 6.10 Å². The number of benzene rings is 2. The average molecular weight is 272 g/mol. The highest BCUT2D eigenvalue weighted by Gasteiger charge is 2.16. The molecule has 2 aromatic carbocycles. The molecule has 0 amide bonds. The highest BCUT2D eigenvalue weighted by molar-refractivity contribution is 5.43. The molecular formula is C17H20O3. The molecule has 0 aliphatic rings. The van der Waals surface area contributed by atoms with Crippen molar-refractivity contribution in [3.05, 3.63) is 59.2 Å². The van der Waals surface area contributed by atoms with E-state index in [1.807, 2.05) is 56.3 Å². The van der Waals surface area contributed by atoms with Crippen molar-refractivity contribution in [2.75, 3.05) is 13.7 Å². The lowest BCUT2D eigenvalue weighted by Gasteiger charge is -2.17. The van der Waals surface area contributed by atoms with Gasteiger partial charge in [-0.25, -0.2) is 0 Å². The van der Waals surface area contributed by atoms with Gasteiger partial charge in [-0.3, -0.25) is 0 Å². The maximum absolute atomic E-state index is 10.6. The van der Waals surface area contributed by atoms with Gasteiger partial charge >= 0.3 is 0 Å². The molecule has 106 valence electrons. The smallest absolute Gasteiger partial charge is 0.125 e. The monoisotopic (exact) mass is 272 g/mol. The van der Waals surface area contributed by atoms with Crippen LogP contribution in [0.5, 0.6) is 11.5 Å². The lowest BCUT2D eigenvalue weighted by Crippen LogP contribution is -2.04. The molecule has 0 heterocycles. The minimum Gasteiger partial charge on any atom is -0.496 e. The summed E-state index contributed by atoms with van der Waals surface area (Å²) in [6, 6.07) is 13.2. The molecular weight excluding hydrogens is 252 g/mol. The Labute approximate surface area is 119 Å². The van der Waals surface area contributed by atoms with E-state index >= 15 is 0 Å². The van der Waals surface area contributed by atoms with E-state index in [2.05, 4.69) is 0 Å². The summed E-state index contributed by atoms with van der Waals surface area (Å²) in [7, 11) is 1.64. The summed E-state index contributed by atoms with van der Waals surface area (Å²) < 4.78 is 10.8. The standard InChI is InChI=1S/C17H20O3/c1-4-20-16-8-6-5-7-14(16)17(18)13-9-10-15(19-3)12(2)11-13/h5-11,17-18H,4H2,1-3H3. The predicted molar refractivity (Wildman–Crippen MR) is 79.4 cm³/mol. The Bertz CT molecular complexity index is 578. The third-order valence-corrected chi connectivity index (χ3v) is 3.25. The number of hydrogen-bond acceptors (Lipinski definition) is 3. The molecule has 0 aromatic heterocycles. The van der Waals surface area contributed by atoms with Crippen LogP contribution in [-0.4, -0.2) is 18.8 Å². The number of para-hydroxylation sites is 1. The normalized spacial score (nSPS) is 12.0. The number of ether oxygens (including phenoxy) is 2. The second-order valence-electron chi connectivity index (χ2n) is 4.60. The first-order valence-electron chi connectivity index (χ1n) is 6.71. The molecule has 0 saturated heterocycles. The van der Waals surface area contributed by atoms with Crippen molar-refractivity contribution in [1.29, 1.82) is 0 Å². The molecule has 0 spiro atoms. The molecule has 2 rings (SSSR count). The molecule has 1 unspecified atom stereocenters. The maximum Gasteiger partial charge on any atom is 0.125 e. The Morgan fingerprint density at radius 2 is 1.85 bits per heavy atom. The van der Waals surface area contributed by atoms with Gasteiger partial charge in [0.15, 0.2) is 0 Å². The average Bonchev–Trinajstić information content (AvgIpc) is 2.47. The molecule has 0 fully saturated rings. The van der Waals surface area contributed by atoms with Crippen LogP contribution in [-0.2, 0) is 0 Å². The van der Waals surface area contributed by atoms with E-state index in [0.717, 1.165) is 28.2 Å². The van der Waals surface area contributed by atoms with E-state index in [-0.39, 0.29) is 0 Å². The van der Waals surface area contributed by atoms with Crippen molar-refractivity contribution in [3.8, 4) is 11.5 Å². The zero-order valence-corrected chi connectivity index (χ0v) is 12.1. The number of aliphatic hydroxyl groups is 1. The number of aliphatic hydroxyl groups excluding tert-OH is 1. The van der Waals surface area contributed by atoms with Gasteiger partial charge in [0.05, 0.1) is 13.7 Å². The Balaban J connectivity index is 2.36. The van der Waals surface area contributed by atoms with Gasteiger partial charge in [0, 0.05) is 5.56 Å². The van der Waals surface area contributed by atoms with Crippen molar-refractivity contribution in [2.45, 2.75) is 20.0 Å². The highest BCUT2D eigenvalue weighted by Crippen LogP contribution is 2.31. The van der Waals surface area contributed by atoms with Crippen LogP contribution in [0.2, 0.25) is 0 Å². The first kappa shape index (κ1) is 14.4. The maximum atomic E-state index is 10.6. The molecule has 3 nitrogen and oxygen atoms in total. The van der Waals surface area contributed by atoms with Gasteiger partial charge in [-0.15, -0.1) is 0 Å². The quantitative estimate of drug-likeness (QED) is 0.905. The van der Waals surface area contributed by atoms with Gasteiger partial charge in [-0.1, -0.05) is 24.3 Å². The van der Waals surface area contributed by atoms with E-state index in [4.69, 9.17) is 9.47 Å². The van der Waals surface area contributed by atoms with Crippen LogP contribution in [0.15, 0.2) is 42.5 Å². The Kier molecular flexibility index (Phi) is 4.64. The van der Waals surface area contributed by atoms with Crippen LogP contribution < -0.4 is 9.47 Å². The molecule has 0 radical (unpaired) electrons. The molecule has 1 N–H and O–H groups in total. The SMILES string of the molecule is CCOc1ccccc1C(O)c1ccc(OC)c(C)c1. The highest BCUT2D eigenvalue weighted by atomic mass is 16.5. The topological polar surface area (TPSA) is 38.7 Å². The van der Waals surface area contributed by atoms with E-state index in [1.54, 1.807) is 7.11 Å². The van der Waals surface area contributed by atoms with Crippen LogP contribution in [0.25, 0.3) is 0 Å². The largest absolute Gasteiger partial charge is 0.496 e. The zero-order valence-electron chi connectivity index (χ0n) is 12.1. The van der Waals surface area contributed by atoms with Crippen molar-refractivity contribution < 1.29 is 14.6 Å². The molecule has 20 heavy (non-hydrogen) atoms. The zero-order chi connectivity index (χ0) is 14.5. The van der Waals surface area contributed by atoms with Crippen molar-refractivity contribution in [1.82, 2.24) is 0 Å². The molecule has 3 heteroatoms. The minimum absolute atomic E-state index is 0.575. The fraction of sp³-hybridized carbons (Fsp3) is 0.294. The summed E-state index contributed by atoms with van der Waals surface area (Å²) in [6.45, 7) is 4.47. The molecule has 1 atom stereocenters. The van der Waals surface area contributed by atoms with Crippen molar-refractivity contribution in [2.24, 2.45) is 0 Å². The van der Waals surface area contributed by atoms with E-state index in [9.17, 15) is 5.11 Å². The summed E-state index contributed by atoms with van der Waals surface area (Å²) >= 11 is 0. The first-order valence-corrected chi connectivity index (χ1v) is 6.71. The second-order valence-corrected chi connectivity index (χ2v) is 4.60. The second kappa shape index (κ2) is 6.44. The summed E-state index contributed by atoms with van der Waals surface area (Å²) in [4.78, 5) is 0. The van der Waals surface area contributed by atoms with Gasteiger partial charge < -0.3 is 14.6 Å². The van der Waals surface area contributed by atoms with Crippen LogP contribution in [0.1, 0.15) is 29.7 Å². The summed E-state index contributed by atoms with van der Waals surface area (Å²) in [5.41, 5.74) is 2.60. The fourth-order valence-electron chi connectivity index (χ4n) is 2.24. The fourth-order valence-corrected chi connectivity index (χ4v) is 2.24. The summed E-state index contributed by atoms with van der Waals surface area (Å²) in [6.07, 6.45) is -0.706. The van der Waals surface area contributed by atoms with Gasteiger partial charge in [0.2, 0.25) is 0 Å². The van der Waals surface area contributed by atoms with Crippen molar-refractivity contribution in [3.63, 3.8) is 0 Å². The van der Waals surface area contributed by atoms with Gasteiger partial charge in [0.1, 0.15) is 17.6 Å². The van der Waals surface area contributed by atoms with Crippen LogP contribution in [0.3, 0.4) is 0 Å².